The Hall–Kier alpha value is -1.79. The second-order valence-corrected chi connectivity index (χ2v) is 6.26. The third kappa shape index (κ3) is 3.43. The van der Waals surface area contributed by atoms with Gasteiger partial charge in [-0.05, 0) is 24.6 Å². The van der Waals surface area contributed by atoms with Crippen LogP contribution in [0.2, 0.25) is 5.02 Å². The van der Waals surface area contributed by atoms with E-state index in [2.05, 4.69) is 4.90 Å². The summed E-state index contributed by atoms with van der Waals surface area (Å²) in [6.45, 7) is 2.56. The van der Waals surface area contributed by atoms with Crippen LogP contribution in [0, 0.1) is 0 Å². The molecular weight excluding hydrogens is 318 g/mol. The van der Waals surface area contributed by atoms with Crippen molar-refractivity contribution < 1.29 is 14.3 Å². The Morgan fingerprint density at radius 3 is 2.87 bits per heavy atom. The normalized spacial score (nSPS) is 18.7. The van der Waals surface area contributed by atoms with Gasteiger partial charge in [0.15, 0.2) is 0 Å². The highest BCUT2D eigenvalue weighted by Gasteiger charge is 2.27. The lowest BCUT2D eigenvalue weighted by atomic mass is 10.2. The average molecular weight is 338 g/mol. The van der Waals surface area contributed by atoms with Gasteiger partial charge in [-0.25, -0.2) is 0 Å². The Kier molecular flexibility index (Phi) is 4.73. The summed E-state index contributed by atoms with van der Waals surface area (Å²) < 4.78 is 5.10. The lowest BCUT2D eigenvalue weighted by Gasteiger charge is -2.30. The first-order valence-corrected chi connectivity index (χ1v) is 8.10. The molecule has 1 saturated heterocycles. The number of anilines is 2. The maximum atomic E-state index is 12.8. The number of hydrogen-bond acceptors (Lipinski definition) is 4. The van der Waals surface area contributed by atoms with Crippen LogP contribution in [0.25, 0.3) is 0 Å². The standard InChI is InChI=1S/C16H20ClN3O3/c1-18-5-2-6-20(14-9-12(17)3-4-13(14)18)15(21)10-19-7-8-23-11-16(19)22/h3-4,9H,2,5-8,10-11H2,1H3. The molecule has 2 amide bonds. The molecule has 2 aliphatic heterocycles. The minimum Gasteiger partial charge on any atom is -0.373 e. The fourth-order valence-electron chi connectivity index (χ4n) is 2.97. The fraction of sp³-hybridized carbons (Fsp3) is 0.500. The Morgan fingerprint density at radius 2 is 2.09 bits per heavy atom. The minimum atomic E-state index is -0.136. The van der Waals surface area contributed by atoms with Crippen LogP contribution in [0.5, 0.6) is 0 Å². The molecular formula is C16H20ClN3O3. The van der Waals surface area contributed by atoms with E-state index in [1.54, 1.807) is 9.80 Å². The molecule has 0 aliphatic carbocycles. The number of rotatable bonds is 2. The molecule has 0 radical (unpaired) electrons. The van der Waals surface area contributed by atoms with E-state index in [-0.39, 0.29) is 25.0 Å². The van der Waals surface area contributed by atoms with E-state index in [1.807, 2.05) is 25.2 Å². The van der Waals surface area contributed by atoms with Crippen molar-refractivity contribution in [2.75, 3.05) is 56.2 Å². The third-order valence-corrected chi connectivity index (χ3v) is 4.46. The number of hydrogen-bond donors (Lipinski definition) is 0. The zero-order valence-electron chi connectivity index (χ0n) is 13.1. The van der Waals surface area contributed by atoms with Gasteiger partial charge in [0.1, 0.15) is 13.2 Å². The Balaban J connectivity index is 1.83. The van der Waals surface area contributed by atoms with Crippen LogP contribution in [-0.2, 0) is 14.3 Å². The molecule has 3 rings (SSSR count). The molecule has 0 atom stereocenters. The van der Waals surface area contributed by atoms with Crippen LogP contribution in [-0.4, -0.2) is 63.2 Å². The van der Waals surface area contributed by atoms with Crippen molar-refractivity contribution in [3.05, 3.63) is 23.2 Å². The molecule has 7 heteroatoms. The smallest absolute Gasteiger partial charge is 0.249 e. The number of halogens is 1. The molecule has 0 saturated carbocycles. The van der Waals surface area contributed by atoms with Gasteiger partial charge in [-0.15, -0.1) is 0 Å². The zero-order valence-corrected chi connectivity index (χ0v) is 13.9. The number of benzene rings is 1. The first kappa shape index (κ1) is 16.1. The van der Waals surface area contributed by atoms with Gasteiger partial charge < -0.3 is 19.4 Å². The molecule has 2 heterocycles. The molecule has 124 valence electrons. The van der Waals surface area contributed by atoms with Crippen molar-refractivity contribution in [2.45, 2.75) is 6.42 Å². The van der Waals surface area contributed by atoms with Crippen molar-refractivity contribution in [1.82, 2.24) is 4.90 Å². The van der Waals surface area contributed by atoms with Crippen LogP contribution in [0.3, 0.4) is 0 Å². The number of fused-ring (bicyclic) bond motifs is 1. The summed E-state index contributed by atoms with van der Waals surface area (Å²) in [4.78, 5) is 30.0. The predicted octanol–water partition coefficient (Wildman–Crippen LogP) is 1.37. The van der Waals surface area contributed by atoms with Gasteiger partial charge in [0.05, 0.1) is 18.0 Å². The monoisotopic (exact) mass is 337 g/mol. The summed E-state index contributed by atoms with van der Waals surface area (Å²) in [5, 5.41) is 0.597. The maximum Gasteiger partial charge on any atom is 0.249 e. The summed E-state index contributed by atoms with van der Waals surface area (Å²) in [5.74, 6) is -0.220. The predicted molar refractivity (Wildman–Crippen MR) is 89.1 cm³/mol. The molecule has 0 spiro atoms. The first-order valence-electron chi connectivity index (χ1n) is 7.73. The molecule has 1 aromatic carbocycles. The summed E-state index contributed by atoms with van der Waals surface area (Å²) in [6, 6.07) is 5.58. The fourth-order valence-corrected chi connectivity index (χ4v) is 3.13. The summed E-state index contributed by atoms with van der Waals surface area (Å²) in [7, 11) is 2.01. The topological polar surface area (TPSA) is 53.1 Å². The van der Waals surface area contributed by atoms with Crippen LogP contribution in [0.15, 0.2) is 18.2 Å². The van der Waals surface area contributed by atoms with E-state index in [0.717, 1.165) is 24.3 Å². The van der Waals surface area contributed by atoms with Crippen LogP contribution < -0.4 is 9.80 Å². The second kappa shape index (κ2) is 6.76. The number of ether oxygens (including phenoxy) is 1. The molecule has 0 N–H and O–H groups in total. The quantitative estimate of drug-likeness (QED) is 0.818. The van der Waals surface area contributed by atoms with Crippen molar-refractivity contribution in [3.63, 3.8) is 0 Å². The van der Waals surface area contributed by atoms with Gasteiger partial charge in [0.2, 0.25) is 11.8 Å². The molecule has 23 heavy (non-hydrogen) atoms. The Labute approximate surface area is 140 Å². The number of amides is 2. The molecule has 0 unspecified atom stereocenters. The van der Waals surface area contributed by atoms with Crippen LogP contribution in [0.1, 0.15) is 6.42 Å². The number of morpholine rings is 1. The third-order valence-electron chi connectivity index (χ3n) is 4.23. The van der Waals surface area contributed by atoms with E-state index in [4.69, 9.17) is 16.3 Å². The van der Waals surface area contributed by atoms with Gasteiger partial charge in [-0.3, -0.25) is 9.59 Å². The number of carbonyl (C=O) groups is 2. The van der Waals surface area contributed by atoms with E-state index in [1.165, 1.54) is 0 Å². The van der Waals surface area contributed by atoms with Crippen molar-refractivity contribution in [2.24, 2.45) is 0 Å². The maximum absolute atomic E-state index is 12.8. The second-order valence-electron chi connectivity index (χ2n) is 5.82. The van der Waals surface area contributed by atoms with Crippen LogP contribution >= 0.6 is 11.6 Å². The highest BCUT2D eigenvalue weighted by atomic mass is 35.5. The van der Waals surface area contributed by atoms with Gasteiger partial charge in [0, 0.05) is 31.7 Å². The molecule has 0 bridgehead atoms. The van der Waals surface area contributed by atoms with E-state index in [0.29, 0.717) is 24.7 Å². The number of nitrogens with zero attached hydrogens (tertiary/aromatic N) is 3. The minimum absolute atomic E-state index is 0.0540. The SMILES string of the molecule is CN1CCCN(C(=O)CN2CCOCC2=O)c2cc(Cl)ccc21. The zero-order chi connectivity index (χ0) is 16.4. The molecule has 1 aromatic rings. The van der Waals surface area contributed by atoms with Crippen molar-refractivity contribution >= 4 is 34.8 Å². The van der Waals surface area contributed by atoms with E-state index >= 15 is 0 Å². The van der Waals surface area contributed by atoms with Gasteiger partial charge in [0.25, 0.3) is 0 Å². The van der Waals surface area contributed by atoms with Crippen molar-refractivity contribution in [1.29, 1.82) is 0 Å². The highest BCUT2D eigenvalue weighted by Crippen LogP contribution is 2.34. The Bertz CT molecular complexity index is 623. The van der Waals surface area contributed by atoms with Gasteiger partial charge in [-0.2, -0.15) is 0 Å². The lowest BCUT2D eigenvalue weighted by molar-refractivity contribution is -0.145. The largest absolute Gasteiger partial charge is 0.373 e. The molecule has 1 fully saturated rings. The first-order chi connectivity index (χ1) is 11.1. The van der Waals surface area contributed by atoms with Gasteiger partial charge in [-0.1, -0.05) is 11.6 Å². The average Bonchev–Trinajstić information content (AvgIpc) is 2.68. The number of carbonyl (C=O) groups excluding carboxylic acids is 2. The van der Waals surface area contributed by atoms with Gasteiger partial charge >= 0.3 is 0 Å². The lowest BCUT2D eigenvalue weighted by Crippen LogP contribution is -2.48. The molecule has 0 aromatic heterocycles. The summed E-state index contributed by atoms with van der Waals surface area (Å²) in [5.41, 5.74) is 1.79. The van der Waals surface area contributed by atoms with E-state index < -0.39 is 0 Å². The summed E-state index contributed by atoms with van der Waals surface area (Å²) in [6.07, 6.45) is 0.867. The summed E-state index contributed by atoms with van der Waals surface area (Å²) >= 11 is 6.13. The Morgan fingerprint density at radius 1 is 1.26 bits per heavy atom. The van der Waals surface area contributed by atoms with Crippen molar-refractivity contribution in [3.8, 4) is 0 Å². The van der Waals surface area contributed by atoms with E-state index in [9.17, 15) is 9.59 Å². The van der Waals surface area contributed by atoms with Crippen LogP contribution in [0.4, 0.5) is 11.4 Å². The molecule has 2 aliphatic rings. The highest BCUT2D eigenvalue weighted by molar-refractivity contribution is 6.31. The molecule has 6 nitrogen and oxygen atoms in total.